The molecule has 1 aliphatic heterocycles. The topological polar surface area (TPSA) is 61.4 Å². The normalized spacial score (nSPS) is 22.8. The van der Waals surface area contributed by atoms with Crippen molar-refractivity contribution in [2.45, 2.75) is 27.2 Å². The predicted octanol–water partition coefficient (Wildman–Crippen LogP) is 0.217. The Morgan fingerprint density at radius 1 is 1.28 bits per heavy atom. The summed E-state index contributed by atoms with van der Waals surface area (Å²) >= 11 is 0. The summed E-state index contributed by atoms with van der Waals surface area (Å²) in [6.07, 6.45) is 0.391. The second-order valence-corrected chi connectivity index (χ2v) is 4.85. The molecule has 0 spiro atoms. The minimum atomic E-state index is 0.0496. The van der Waals surface area contributed by atoms with Gasteiger partial charge < -0.3 is 15.5 Å². The molecule has 1 heterocycles. The van der Waals surface area contributed by atoms with E-state index in [0.29, 0.717) is 18.9 Å². The van der Waals surface area contributed by atoms with Gasteiger partial charge in [-0.25, -0.2) is 0 Å². The zero-order chi connectivity index (χ0) is 13.5. The molecule has 5 heteroatoms. The number of rotatable bonds is 6. The highest BCUT2D eigenvalue weighted by Gasteiger charge is 2.29. The van der Waals surface area contributed by atoms with Crippen LogP contribution in [0.15, 0.2) is 0 Å². The Hall–Kier alpha value is -1.10. The average molecular weight is 255 g/mol. The molecule has 0 saturated carbocycles. The van der Waals surface area contributed by atoms with Crippen molar-refractivity contribution < 1.29 is 9.59 Å². The van der Waals surface area contributed by atoms with E-state index in [1.165, 1.54) is 0 Å². The standard InChI is InChI=1S/C13H25N3O2/c1-4-16(5-2)12(17)6-7-15-13(18)11-9-14-8-10(11)3/h10-11,14H,4-9H2,1-3H3,(H,15,18). The monoisotopic (exact) mass is 255 g/mol. The van der Waals surface area contributed by atoms with E-state index in [4.69, 9.17) is 0 Å². The number of hydrogen-bond donors (Lipinski definition) is 2. The van der Waals surface area contributed by atoms with Crippen molar-refractivity contribution in [3.63, 3.8) is 0 Å². The van der Waals surface area contributed by atoms with Crippen LogP contribution in [0, 0.1) is 11.8 Å². The Labute approximate surface area is 109 Å². The molecule has 0 aromatic heterocycles. The van der Waals surface area contributed by atoms with E-state index in [-0.39, 0.29) is 17.7 Å². The van der Waals surface area contributed by atoms with Gasteiger partial charge in [-0.05, 0) is 26.3 Å². The molecular formula is C13H25N3O2. The van der Waals surface area contributed by atoms with Gasteiger partial charge >= 0.3 is 0 Å². The Morgan fingerprint density at radius 3 is 2.44 bits per heavy atom. The van der Waals surface area contributed by atoms with Gasteiger partial charge in [0.25, 0.3) is 0 Å². The first-order valence-corrected chi connectivity index (χ1v) is 6.86. The lowest BCUT2D eigenvalue weighted by atomic mass is 9.97. The summed E-state index contributed by atoms with van der Waals surface area (Å²) in [5, 5.41) is 6.07. The van der Waals surface area contributed by atoms with Crippen LogP contribution in [0.2, 0.25) is 0 Å². The highest BCUT2D eigenvalue weighted by molar-refractivity contribution is 5.81. The molecule has 2 atom stereocenters. The maximum atomic E-state index is 11.9. The summed E-state index contributed by atoms with van der Waals surface area (Å²) in [5.74, 6) is 0.606. The predicted molar refractivity (Wildman–Crippen MR) is 71.1 cm³/mol. The summed E-state index contributed by atoms with van der Waals surface area (Å²) in [6.45, 7) is 9.55. The highest BCUT2D eigenvalue weighted by Crippen LogP contribution is 2.15. The van der Waals surface area contributed by atoms with Crippen molar-refractivity contribution in [1.82, 2.24) is 15.5 Å². The third-order valence-electron chi connectivity index (χ3n) is 3.61. The Kier molecular flexibility index (Phi) is 6.12. The van der Waals surface area contributed by atoms with Crippen molar-refractivity contribution in [2.24, 2.45) is 11.8 Å². The van der Waals surface area contributed by atoms with Crippen molar-refractivity contribution in [3.8, 4) is 0 Å². The summed E-state index contributed by atoms with van der Waals surface area (Å²) in [6, 6.07) is 0. The zero-order valence-electron chi connectivity index (χ0n) is 11.7. The maximum absolute atomic E-state index is 11.9. The van der Waals surface area contributed by atoms with Crippen LogP contribution in [0.5, 0.6) is 0 Å². The second-order valence-electron chi connectivity index (χ2n) is 4.85. The fourth-order valence-corrected chi connectivity index (χ4v) is 2.32. The fraction of sp³-hybridized carbons (Fsp3) is 0.846. The van der Waals surface area contributed by atoms with Crippen LogP contribution in [0.3, 0.4) is 0 Å². The van der Waals surface area contributed by atoms with Gasteiger partial charge in [-0.2, -0.15) is 0 Å². The van der Waals surface area contributed by atoms with E-state index < -0.39 is 0 Å². The SMILES string of the molecule is CCN(CC)C(=O)CCNC(=O)C1CNCC1C. The first-order valence-electron chi connectivity index (χ1n) is 6.86. The molecule has 18 heavy (non-hydrogen) atoms. The number of nitrogens with zero attached hydrogens (tertiary/aromatic N) is 1. The van der Waals surface area contributed by atoms with Crippen molar-refractivity contribution in [1.29, 1.82) is 0 Å². The first kappa shape index (κ1) is 15.0. The van der Waals surface area contributed by atoms with Crippen LogP contribution >= 0.6 is 0 Å². The molecule has 5 nitrogen and oxygen atoms in total. The summed E-state index contributed by atoms with van der Waals surface area (Å²) in [7, 11) is 0. The van der Waals surface area contributed by atoms with E-state index in [1.807, 2.05) is 13.8 Å². The molecule has 2 amide bonds. The van der Waals surface area contributed by atoms with E-state index in [0.717, 1.165) is 26.2 Å². The number of carbonyl (C=O) groups excluding carboxylic acids is 2. The fourth-order valence-electron chi connectivity index (χ4n) is 2.32. The Bertz CT molecular complexity index is 290. The Balaban J connectivity index is 2.25. The molecule has 2 N–H and O–H groups in total. The second kappa shape index (κ2) is 7.36. The van der Waals surface area contributed by atoms with Gasteiger partial charge in [0.2, 0.25) is 11.8 Å². The highest BCUT2D eigenvalue weighted by atomic mass is 16.2. The third kappa shape index (κ3) is 3.98. The van der Waals surface area contributed by atoms with Gasteiger partial charge in [0.05, 0.1) is 5.92 Å². The quantitative estimate of drug-likeness (QED) is 0.713. The van der Waals surface area contributed by atoms with E-state index in [1.54, 1.807) is 4.90 Å². The van der Waals surface area contributed by atoms with Gasteiger partial charge in [0, 0.05) is 32.6 Å². The number of hydrogen-bond acceptors (Lipinski definition) is 3. The maximum Gasteiger partial charge on any atom is 0.224 e. The summed E-state index contributed by atoms with van der Waals surface area (Å²) < 4.78 is 0. The number of nitrogens with one attached hydrogen (secondary N) is 2. The molecule has 0 bridgehead atoms. The van der Waals surface area contributed by atoms with E-state index in [9.17, 15) is 9.59 Å². The molecular weight excluding hydrogens is 230 g/mol. The molecule has 1 fully saturated rings. The van der Waals surface area contributed by atoms with Crippen LogP contribution < -0.4 is 10.6 Å². The molecule has 0 radical (unpaired) electrons. The molecule has 0 aliphatic carbocycles. The molecule has 1 rings (SSSR count). The average Bonchev–Trinajstić information content (AvgIpc) is 2.77. The number of amides is 2. The van der Waals surface area contributed by atoms with Gasteiger partial charge in [0.15, 0.2) is 0 Å². The van der Waals surface area contributed by atoms with Crippen LogP contribution in [-0.2, 0) is 9.59 Å². The van der Waals surface area contributed by atoms with Gasteiger partial charge in [0.1, 0.15) is 0 Å². The largest absolute Gasteiger partial charge is 0.355 e. The van der Waals surface area contributed by atoms with Crippen LogP contribution in [0.25, 0.3) is 0 Å². The van der Waals surface area contributed by atoms with Crippen LogP contribution in [0.4, 0.5) is 0 Å². The first-order chi connectivity index (χ1) is 8.60. The molecule has 1 saturated heterocycles. The smallest absolute Gasteiger partial charge is 0.224 e. The molecule has 2 unspecified atom stereocenters. The van der Waals surface area contributed by atoms with Gasteiger partial charge in [-0.3, -0.25) is 9.59 Å². The van der Waals surface area contributed by atoms with Crippen LogP contribution in [0.1, 0.15) is 27.2 Å². The molecule has 0 aromatic carbocycles. The van der Waals surface area contributed by atoms with E-state index in [2.05, 4.69) is 17.6 Å². The van der Waals surface area contributed by atoms with E-state index >= 15 is 0 Å². The van der Waals surface area contributed by atoms with Crippen molar-refractivity contribution >= 4 is 11.8 Å². The minimum absolute atomic E-state index is 0.0496. The lowest BCUT2D eigenvalue weighted by Crippen LogP contribution is -2.38. The van der Waals surface area contributed by atoms with Crippen LogP contribution in [-0.4, -0.2) is 49.4 Å². The molecule has 0 aromatic rings. The summed E-state index contributed by atoms with van der Waals surface area (Å²) in [4.78, 5) is 25.4. The van der Waals surface area contributed by atoms with Gasteiger partial charge in [-0.15, -0.1) is 0 Å². The third-order valence-corrected chi connectivity index (χ3v) is 3.61. The molecule has 104 valence electrons. The zero-order valence-corrected chi connectivity index (χ0v) is 11.7. The minimum Gasteiger partial charge on any atom is -0.355 e. The molecule has 1 aliphatic rings. The van der Waals surface area contributed by atoms with Crippen molar-refractivity contribution in [2.75, 3.05) is 32.7 Å². The summed E-state index contributed by atoms with van der Waals surface area (Å²) in [5.41, 5.74) is 0. The van der Waals surface area contributed by atoms with Gasteiger partial charge in [-0.1, -0.05) is 6.92 Å². The van der Waals surface area contributed by atoms with Crippen molar-refractivity contribution in [3.05, 3.63) is 0 Å². The lowest BCUT2D eigenvalue weighted by molar-refractivity contribution is -0.131. The number of carbonyl (C=O) groups is 2. The lowest BCUT2D eigenvalue weighted by Gasteiger charge is -2.19. The Morgan fingerprint density at radius 2 is 1.94 bits per heavy atom.